The average molecular weight is 330 g/mol. The molecule has 0 unspecified atom stereocenters. The van der Waals surface area contributed by atoms with E-state index >= 15 is 0 Å². The summed E-state index contributed by atoms with van der Waals surface area (Å²) in [5.74, 6) is -0.331. The number of amides is 1. The van der Waals surface area contributed by atoms with Crippen LogP contribution in [0.4, 0.5) is 5.69 Å². The molecule has 0 aliphatic heterocycles. The molecule has 0 saturated carbocycles. The van der Waals surface area contributed by atoms with E-state index < -0.39 is 0 Å². The van der Waals surface area contributed by atoms with Gasteiger partial charge in [0.1, 0.15) is 12.1 Å². The van der Waals surface area contributed by atoms with Crippen LogP contribution in [-0.2, 0) is 11.3 Å². The van der Waals surface area contributed by atoms with Crippen LogP contribution in [0.1, 0.15) is 0 Å². The molecule has 0 atom stereocenters. The highest BCUT2D eigenvalue weighted by Crippen LogP contribution is 2.22. The zero-order valence-corrected chi connectivity index (χ0v) is 13.2. The van der Waals surface area contributed by atoms with Crippen molar-refractivity contribution in [3.8, 4) is 0 Å². The minimum atomic E-state index is -0.335. The number of fused-ring (bicyclic) bond motifs is 2. The highest BCUT2D eigenvalue weighted by molar-refractivity contribution is 6.02. The molecule has 25 heavy (non-hydrogen) atoms. The van der Waals surface area contributed by atoms with E-state index in [0.29, 0.717) is 16.6 Å². The zero-order chi connectivity index (χ0) is 17.2. The van der Waals surface area contributed by atoms with Gasteiger partial charge in [-0.25, -0.2) is 4.68 Å². The second-order valence-electron chi connectivity index (χ2n) is 5.64. The van der Waals surface area contributed by atoms with E-state index in [1.807, 2.05) is 42.5 Å². The first kappa shape index (κ1) is 15.0. The summed E-state index contributed by atoms with van der Waals surface area (Å²) in [6.07, 6.45) is 0. The molecular weight excluding hydrogens is 316 g/mol. The summed E-state index contributed by atoms with van der Waals surface area (Å²) in [6, 6.07) is 20.4. The summed E-state index contributed by atoms with van der Waals surface area (Å²) in [7, 11) is 0. The number of nitrogens with zero attached hydrogens (tertiary/aromatic N) is 3. The fourth-order valence-electron chi connectivity index (χ4n) is 2.79. The van der Waals surface area contributed by atoms with Gasteiger partial charge in [-0.3, -0.25) is 9.59 Å². The normalized spacial score (nSPS) is 10.9. The molecule has 4 rings (SSSR count). The third-order valence-electron chi connectivity index (χ3n) is 3.99. The molecule has 0 radical (unpaired) electrons. The second kappa shape index (κ2) is 6.16. The second-order valence-corrected chi connectivity index (χ2v) is 5.64. The molecular formula is C19H14N4O2. The molecule has 1 heterocycles. The number of anilines is 1. The molecule has 6 heteroatoms. The predicted molar refractivity (Wildman–Crippen MR) is 96.4 cm³/mol. The molecule has 0 fully saturated rings. The standard InChI is InChI=1S/C19H14N4O2/c24-18(20-16-11-5-7-13-6-1-2-8-14(13)16)12-23-19(25)15-9-3-4-10-17(15)21-22-23/h1-11H,12H2,(H,20,24). The van der Waals surface area contributed by atoms with Crippen LogP contribution < -0.4 is 10.9 Å². The number of benzene rings is 3. The van der Waals surface area contributed by atoms with Crippen LogP contribution in [-0.4, -0.2) is 20.9 Å². The Hall–Kier alpha value is -3.54. The number of carbonyl (C=O) groups is 1. The molecule has 6 nitrogen and oxygen atoms in total. The lowest BCUT2D eigenvalue weighted by atomic mass is 10.1. The van der Waals surface area contributed by atoms with E-state index in [9.17, 15) is 9.59 Å². The van der Waals surface area contributed by atoms with Crippen LogP contribution in [0.5, 0.6) is 0 Å². The van der Waals surface area contributed by atoms with E-state index in [2.05, 4.69) is 15.6 Å². The first-order chi connectivity index (χ1) is 12.2. The number of aromatic nitrogens is 3. The van der Waals surface area contributed by atoms with Gasteiger partial charge in [0.05, 0.1) is 5.39 Å². The maximum atomic E-state index is 12.4. The Labute approximate surface area is 142 Å². The monoisotopic (exact) mass is 330 g/mol. The molecule has 0 aliphatic carbocycles. The van der Waals surface area contributed by atoms with E-state index in [1.165, 1.54) is 0 Å². The number of rotatable bonds is 3. The van der Waals surface area contributed by atoms with Crippen molar-refractivity contribution in [2.24, 2.45) is 0 Å². The summed E-state index contributed by atoms with van der Waals surface area (Å²) in [4.78, 5) is 24.8. The largest absolute Gasteiger partial charge is 0.324 e. The minimum absolute atomic E-state index is 0.195. The van der Waals surface area contributed by atoms with E-state index in [4.69, 9.17) is 0 Å². The van der Waals surface area contributed by atoms with Gasteiger partial charge in [0.2, 0.25) is 5.91 Å². The predicted octanol–water partition coefficient (Wildman–Crippen LogP) is 2.58. The Balaban J connectivity index is 1.62. The van der Waals surface area contributed by atoms with Crippen molar-refractivity contribution in [1.29, 1.82) is 0 Å². The first-order valence-electron chi connectivity index (χ1n) is 7.82. The minimum Gasteiger partial charge on any atom is -0.324 e. The molecule has 0 saturated heterocycles. The molecule has 4 aromatic rings. The quantitative estimate of drug-likeness (QED) is 0.626. The maximum absolute atomic E-state index is 12.4. The van der Waals surface area contributed by atoms with Crippen LogP contribution >= 0.6 is 0 Å². The van der Waals surface area contributed by atoms with Gasteiger partial charge in [-0.15, -0.1) is 5.10 Å². The Morgan fingerprint density at radius 1 is 0.920 bits per heavy atom. The maximum Gasteiger partial charge on any atom is 0.278 e. The zero-order valence-electron chi connectivity index (χ0n) is 13.2. The van der Waals surface area contributed by atoms with Crippen LogP contribution in [0.2, 0.25) is 0 Å². The van der Waals surface area contributed by atoms with Crippen molar-refractivity contribution in [1.82, 2.24) is 15.0 Å². The summed E-state index contributed by atoms with van der Waals surface area (Å²) >= 11 is 0. The summed E-state index contributed by atoms with van der Waals surface area (Å²) in [5, 5.41) is 13.1. The molecule has 122 valence electrons. The Bertz CT molecular complexity index is 1150. The molecule has 1 aromatic heterocycles. The van der Waals surface area contributed by atoms with Gasteiger partial charge in [-0.1, -0.05) is 53.7 Å². The van der Waals surface area contributed by atoms with E-state index in [-0.39, 0.29) is 18.0 Å². The summed E-state index contributed by atoms with van der Waals surface area (Å²) in [6.45, 7) is -0.195. The topological polar surface area (TPSA) is 76.9 Å². The molecule has 1 amide bonds. The third kappa shape index (κ3) is 2.85. The van der Waals surface area contributed by atoms with Crippen LogP contribution in [0.25, 0.3) is 21.7 Å². The third-order valence-corrected chi connectivity index (χ3v) is 3.99. The lowest BCUT2D eigenvalue weighted by Gasteiger charge is -2.09. The van der Waals surface area contributed by atoms with Crippen LogP contribution in [0, 0.1) is 0 Å². The van der Waals surface area contributed by atoms with Crippen molar-refractivity contribution in [3.63, 3.8) is 0 Å². The number of hydrogen-bond acceptors (Lipinski definition) is 4. The molecule has 0 spiro atoms. The van der Waals surface area contributed by atoms with Gasteiger partial charge >= 0.3 is 0 Å². The Kier molecular flexibility index (Phi) is 3.70. The van der Waals surface area contributed by atoms with Gasteiger partial charge in [-0.2, -0.15) is 0 Å². The van der Waals surface area contributed by atoms with Crippen molar-refractivity contribution >= 4 is 33.3 Å². The van der Waals surface area contributed by atoms with E-state index in [0.717, 1.165) is 15.5 Å². The SMILES string of the molecule is O=C(Cn1nnc2ccccc2c1=O)Nc1cccc2ccccc12. The van der Waals surface area contributed by atoms with Crippen LogP contribution in [0.15, 0.2) is 71.5 Å². The fraction of sp³-hybridized carbons (Fsp3) is 0.0526. The highest BCUT2D eigenvalue weighted by atomic mass is 16.2. The van der Waals surface area contributed by atoms with Crippen molar-refractivity contribution in [2.45, 2.75) is 6.54 Å². The van der Waals surface area contributed by atoms with Gasteiger partial charge in [-0.05, 0) is 23.6 Å². The Morgan fingerprint density at radius 2 is 1.64 bits per heavy atom. The fourth-order valence-corrected chi connectivity index (χ4v) is 2.79. The van der Waals surface area contributed by atoms with Crippen molar-refractivity contribution < 1.29 is 4.79 Å². The number of nitrogens with one attached hydrogen (secondary N) is 1. The first-order valence-corrected chi connectivity index (χ1v) is 7.82. The number of carbonyl (C=O) groups excluding carboxylic acids is 1. The van der Waals surface area contributed by atoms with Crippen molar-refractivity contribution in [2.75, 3.05) is 5.32 Å². The number of hydrogen-bond donors (Lipinski definition) is 1. The van der Waals surface area contributed by atoms with Gasteiger partial charge in [0.25, 0.3) is 5.56 Å². The molecule has 0 bridgehead atoms. The smallest absolute Gasteiger partial charge is 0.278 e. The Morgan fingerprint density at radius 3 is 2.52 bits per heavy atom. The van der Waals surface area contributed by atoms with Gasteiger partial charge in [0, 0.05) is 11.1 Å². The average Bonchev–Trinajstić information content (AvgIpc) is 2.65. The lowest BCUT2D eigenvalue weighted by Crippen LogP contribution is -2.30. The van der Waals surface area contributed by atoms with Gasteiger partial charge in [0.15, 0.2) is 0 Å². The molecule has 0 aliphatic rings. The molecule has 3 aromatic carbocycles. The van der Waals surface area contributed by atoms with Crippen LogP contribution in [0.3, 0.4) is 0 Å². The summed E-state index contributed by atoms with van der Waals surface area (Å²) < 4.78 is 1.07. The highest BCUT2D eigenvalue weighted by Gasteiger charge is 2.10. The lowest BCUT2D eigenvalue weighted by molar-refractivity contribution is -0.117. The van der Waals surface area contributed by atoms with Crippen molar-refractivity contribution in [3.05, 3.63) is 77.1 Å². The van der Waals surface area contributed by atoms with Gasteiger partial charge < -0.3 is 5.32 Å². The molecule has 1 N–H and O–H groups in total. The summed E-state index contributed by atoms with van der Waals surface area (Å²) in [5.41, 5.74) is 0.877. The van der Waals surface area contributed by atoms with E-state index in [1.54, 1.807) is 24.3 Å².